The number of alkyl halides is 3. The summed E-state index contributed by atoms with van der Waals surface area (Å²) in [5.41, 5.74) is -0.760. The summed E-state index contributed by atoms with van der Waals surface area (Å²) < 4.78 is 50.9. The Hall–Kier alpha value is -0.850. The van der Waals surface area contributed by atoms with Crippen molar-refractivity contribution in [3.05, 3.63) is 35.1 Å². The summed E-state index contributed by atoms with van der Waals surface area (Å²) >= 11 is 0. The van der Waals surface area contributed by atoms with Crippen LogP contribution in [0.25, 0.3) is 0 Å². The lowest BCUT2D eigenvalue weighted by atomic mass is 10.1. The summed E-state index contributed by atoms with van der Waals surface area (Å²) in [5, 5.41) is 2.92. The molecule has 1 N–H and O–H groups in total. The number of nitrogens with zero attached hydrogens (tertiary/aromatic N) is 1. The summed E-state index contributed by atoms with van der Waals surface area (Å²) in [6, 6.07) is 2.49. The second-order valence-corrected chi connectivity index (χ2v) is 4.15. The van der Waals surface area contributed by atoms with E-state index in [1.807, 2.05) is 0 Å². The first kappa shape index (κ1) is 18.1. The van der Waals surface area contributed by atoms with Crippen molar-refractivity contribution in [3.63, 3.8) is 0 Å². The van der Waals surface area contributed by atoms with E-state index in [2.05, 4.69) is 5.32 Å². The molecular weight excluding hydrogens is 284 g/mol. The van der Waals surface area contributed by atoms with Gasteiger partial charge >= 0.3 is 6.18 Å². The van der Waals surface area contributed by atoms with Crippen molar-refractivity contribution in [2.24, 2.45) is 0 Å². The molecule has 0 bridgehead atoms. The molecule has 0 aliphatic carbocycles. The Bertz CT molecular complexity index is 396. The van der Waals surface area contributed by atoms with Crippen molar-refractivity contribution in [1.82, 2.24) is 10.2 Å². The first-order valence-electron chi connectivity index (χ1n) is 5.53. The third-order valence-electron chi connectivity index (χ3n) is 2.56. The molecule has 0 aromatic heterocycles. The van der Waals surface area contributed by atoms with Crippen molar-refractivity contribution in [2.75, 3.05) is 27.2 Å². The van der Waals surface area contributed by atoms with Crippen LogP contribution in [-0.4, -0.2) is 32.1 Å². The van der Waals surface area contributed by atoms with Gasteiger partial charge < -0.3 is 10.2 Å². The fraction of sp³-hybridized carbons (Fsp3) is 0.500. The first-order chi connectivity index (χ1) is 8.34. The zero-order valence-electron chi connectivity index (χ0n) is 10.7. The number of nitrogens with one attached hydrogen (secondary N) is 1. The summed E-state index contributed by atoms with van der Waals surface area (Å²) in [7, 11) is 3.51. The molecule has 0 saturated carbocycles. The van der Waals surface area contributed by atoms with Crippen LogP contribution in [0, 0.1) is 5.82 Å². The van der Waals surface area contributed by atoms with Crippen LogP contribution in [0.4, 0.5) is 17.6 Å². The molecule has 0 aliphatic heterocycles. The molecule has 110 valence electrons. The van der Waals surface area contributed by atoms with Crippen LogP contribution >= 0.6 is 12.4 Å². The molecule has 1 aromatic carbocycles. The highest BCUT2D eigenvalue weighted by Gasteiger charge is 2.31. The van der Waals surface area contributed by atoms with Gasteiger partial charge in [0.05, 0.1) is 5.56 Å². The van der Waals surface area contributed by atoms with Gasteiger partial charge in [-0.25, -0.2) is 4.39 Å². The molecule has 0 radical (unpaired) electrons. The van der Waals surface area contributed by atoms with Crippen molar-refractivity contribution < 1.29 is 17.6 Å². The van der Waals surface area contributed by atoms with Crippen LogP contribution in [0.3, 0.4) is 0 Å². The van der Waals surface area contributed by atoms with E-state index in [1.165, 1.54) is 0 Å². The monoisotopic (exact) mass is 300 g/mol. The maximum atomic E-state index is 13.4. The first-order valence-corrected chi connectivity index (χ1v) is 5.53. The predicted molar refractivity (Wildman–Crippen MR) is 68.9 cm³/mol. The van der Waals surface area contributed by atoms with E-state index in [0.29, 0.717) is 13.1 Å². The second-order valence-electron chi connectivity index (χ2n) is 4.15. The average Bonchev–Trinajstić information content (AvgIpc) is 2.28. The second kappa shape index (κ2) is 7.67. The highest BCUT2D eigenvalue weighted by Crippen LogP contribution is 2.30. The van der Waals surface area contributed by atoms with Gasteiger partial charge in [0.25, 0.3) is 0 Å². The van der Waals surface area contributed by atoms with E-state index in [1.54, 1.807) is 19.0 Å². The minimum Gasteiger partial charge on any atom is -0.318 e. The third-order valence-corrected chi connectivity index (χ3v) is 2.56. The van der Waals surface area contributed by atoms with Gasteiger partial charge in [-0.05, 0) is 32.3 Å². The Labute approximate surface area is 116 Å². The quantitative estimate of drug-likeness (QED) is 0.841. The van der Waals surface area contributed by atoms with E-state index in [-0.39, 0.29) is 24.5 Å². The maximum Gasteiger partial charge on any atom is 0.416 e. The molecule has 0 atom stereocenters. The summed E-state index contributed by atoms with van der Waals surface area (Å²) in [6.07, 6.45) is -4.44. The summed E-state index contributed by atoms with van der Waals surface area (Å²) in [6.45, 7) is 1.47. The van der Waals surface area contributed by atoms with E-state index in [9.17, 15) is 17.6 Å². The molecule has 0 heterocycles. The van der Waals surface area contributed by atoms with Gasteiger partial charge in [0.2, 0.25) is 0 Å². The van der Waals surface area contributed by atoms with Crippen LogP contribution in [0.5, 0.6) is 0 Å². The van der Waals surface area contributed by atoms with Crippen LogP contribution in [0.2, 0.25) is 0 Å². The molecule has 0 unspecified atom stereocenters. The van der Waals surface area contributed by atoms with Crippen molar-refractivity contribution >= 4 is 12.4 Å². The topological polar surface area (TPSA) is 15.3 Å². The van der Waals surface area contributed by atoms with E-state index in [0.717, 1.165) is 18.2 Å². The molecule has 0 saturated heterocycles. The smallest absolute Gasteiger partial charge is 0.318 e. The van der Waals surface area contributed by atoms with Crippen molar-refractivity contribution in [3.8, 4) is 0 Å². The molecule has 2 nitrogen and oxygen atoms in total. The Morgan fingerprint density at radius 3 is 2.42 bits per heavy atom. The normalized spacial score (nSPS) is 11.5. The van der Waals surface area contributed by atoms with Gasteiger partial charge in [-0.15, -0.1) is 12.4 Å². The van der Waals surface area contributed by atoms with Crippen LogP contribution < -0.4 is 5.32 Å². The highest BCUT2D eigenvalue weighted by atomic mass is 35.5. The van der Waals surface area contributed by atoms with E-state index < -0.39 is 17.6 Å². The van der Waals surface area contributed by atoms with Crippen LogP contribution in [0.1, 0.15) is 11.1 Å². The molecule has 0 spiro atoms. The zero-order chi connectivity index (χ0) is 13.8. The highest BCUT2D eigenvalue weighted by molar-refractivity contribution is 5.85. The van der Waals surface area contributed by atoms with Crippen molar-refractivity contribution in [2.45, 2.75) is 12.7 Å². The largest absolute Gasteiger partial charge is 0.416 e. The average molecular weight is 301 g/mol. The fourth-order valence-electron chi connectivity index (χ4n) is 1.54. The fourth-order valence-corrected chi connectivity index (χ4v) is 1.54. The molecule has 0 fully saturated rings. The van der Waals surface area contributed by atoms with Crippen molar-refractivity contribution in [1.29, 1.82) is 0 Å². The van der Waals surface area contributed by atoms with E-state index in [4.69, 9.17) is 0 Å². The zero-order valence-corrected chi connectivity index (χ0v) is 11.5. The minimum absolute atomic E-state index is 0. The number of rotatable bonds is 5. The molecule has 0 aliphatic rings. The molecular formula is C12H17ClF4N2. The predicted octanol–water partition coefficient (Wildman–Crippen LogP) is 2.92. The van der Waals surface area contributed by atoms with Gasteiger partial charge in [-0.2, -0.15) is 13.2 Å². The Kier molecular flexibility index (Phi) is 7.33. The molecule has 7 heteroatoms. The standard InChI is InChI=1S/C12H16F4N2.ClH/c1-17-5-6-18(2)8-9-7-10(12(14,15)16)3-4-11(9)13;/h3-4,7,17H,5-6,8H2,1-2H3;1H. The molecule has 1 aromatic rings. The van der Waals surface area contributed by atoms with Gasteiger partial charge in [0, 0.05) is 25.2 Å². The number of hydrogen-bond acceptors (Lipinski definition) is 2. The van der Waals surface area contributed by atoms with Gasteiger partial charge in [0.15, 0.2) is 0 Å². The lowest BCUT2D eigenvalue weighted by Gasteiger charge is -2.17. The molecule has 0 amide bonds. The lowest BCUT2D eigenvalue weighted by Crippen LogP contribution is -2.27. The van der Waals surface area contributed by atoms with Gasteiger partial charge in [0.1, 0.15) is 5.82 Å². The maximum absolute atomic E-state index is 13.4. The SMILES string of the molecule is CNCCN(C)Cc1cc(C(F)(F)F)ccc1F.Cl. The van der Waals surface area contributed by atoms with E-state index >= 15 is 0 Å². The lowest BCUT2D eigenvalue weighted by molar-refractivity contribution is -0.137. The van der Waals surface area contributed by atoms with Gasteiger partial charge in [-0.3, -0.25) is 0 Å². The van der Waals surface area contributed by atoms with Gasteiger partial charge in [-0.1, -0.05) is 0 Å². The molecule has 19 heavy (non-hydrogen) atoms. The van der Waals surface area contributed by atoms with Crippen LogP contribution in [-0.2, 0) is 12.7 Å². The number of benzene rings is 1. The molecule has 1 rings (SSSR count). The summed E-state index contributed by atoms with van der Waals surface area (Å²) in [4.78, 5) is 1.76. The third kappa shape index (κ3) is 5.76. The summed E-state index contributed by atoms with van der Waals surface area (Å²) in [5.74, 6) is -0.612. The Balaban J connectivity index is 0.00000324. The Morgan fingerprint density at radius 1 is 1.26 bits per heavy atom. The Morgan fingerprint density at radius 2 is 1.89 bits per heavy atom. The number of hydrogen-bond donors (Lipinski definition) is 1. The number of halogens is 5. The number of likely N-dealkylation sites (N-methyl/N-ethyl adjacent to an activating group) is 2. The minimum atomic E-state index is -4.44. The van der Waals surface area contributed by atoms with Crippen LogP contribution in [0.15, 0.2) is 18.2 Å².